The molecule has 0 atom stereocenters. The molecule has 2 heterocycles. The van der Waals surface area contributed by atoms with E-state index in [9.17, 15) is 9.59 Å². The van der Waals surface area contributed by atoms with Crippen molar-refractivity contribution in [3.63, 3.8) is 0 Å². The number of anilines is 1. The molecule has 0 bridgehead atoms. The zero-order valence-electron chi connectivity index (χ0n) is 17.9. The summed E-state index contributed by atoms with van der Waals surface area (Å²) in [5.74, 6) is 0.378. The Bertz CT molecular complexity index is 1140. The van der Waals surface area contributed by atoms with Crippen LogP contribution in [0.5, 0.6) is 0 Å². The maximum Gasteiger partial charge on any atom is 0.258 e. The number of hydrogen-bond donors (Lipinski definition) is 1. The van der Waals surface area contributed by atoms with Crippen molar-refractivity contribution in [2.75, 3.05) is 25.5 Å². The molecule has 0 unspecified atom stereocenters. The van der Waals surface area contributed by atoms with Gasteiger partial charge in [-0.3, -0.25) is 9.59 Å². The second kappa shape index (κ2) is 8.44. The molecule has 2 aromatic carbocycles. The quantitative estimate of drug-likeness (QED) is 0.710. The van der Waals surface area contributed by atoms with Gasteiger partial charge < -0.3 is 14.8 Å². The Morgan fingerprint density at radius 3 is 2.53 bits per heavy atom. The molecule has 1 fully saturated rings. The average Bonchev–Trinajstić information content (AvgIpc) is 2.74. The minimum Gasteiger partial charge on any atom is -0.321 e. The highest BCUT2D eigenvalue weighted by Crippen LogP contribution is 2.24. The molecule has 1 amide bonds. The normalized spacial score (nSPS) is 15.4. The van der Waals surface area contributed by atoms with Gasteiger partial charge in [0.2, 0.25) is 0 Å². The molecule has 0 radical (unpaired) electrons. The van der Waals surface area contributed by atoms with E-state index in [2.05, 4.69) is 17.3 Å². The molecule has 5 nitrogen and oxygen atoms in total. The van der Waals surface area contributed by atoms with E-state index in [0.717, 1.165) is 49.0 Å². The maximum absolute atomic E-state index is 13.1. The first-order valence-electron chi connectivity index (χ1n) is 10.6. The lowest BCUT2D eigenvalue weighted by Gasteiger charge is -2.29. The highest BCUT2D eigenvalue weighted by molar-refractivity contribution is 6.09. The molecule has 5 heteroatoms. The van der Waals surface area contributed by atoms with Crippen LogP contribution in [0.2, 0.25) is 0 Å². The van der Waals surface area contributed by atoms with Crippen LogP contribution in [0.4, 0.5) is 5.69 Å². The third kappa shape index (κ3) is 4.03. The lowest BCUT2D eigenvalue weighted by Crippen LogP contribution is -2.33. The molecule has 0 saturated carbocycles. The molecule has 156 valence electrons. The van der Waals surface area contributed by atoms with Crippen molar-refractivity contribution >= 4 is 22.4 Å². The van der Waals surface area contributed by atoms with Crippen LogP contribution in [0.3, 0.4) is 0 Å². The number of nitrogens with zero attached hydrogens (tertiary/aromatic N) is 2. The first-order valence-corrected chi connectivity index (χ1v) is 10.6. The number of piperidine rings is 1. The first kappa shape index (κ1) is 20.4. The second-order valence-electron chi connectivity index (χ2n) is 8.49. The summed E-state index contributed by atoms with van der Waals surface area (Å²) in [6, 6.07) is 13.2. The van der Waals surface area contributed by atoms with Crippen LogP contribution in [-0.2, 0) is 6.54 Å². The number of benzene rings is 2. The predicted octanol–water partition coefficient (Wildman–Crippen LogP) is 4.21. The van der Waals surface area contributed by atoms with Gasteiger partial charge in [0.25, 0.3) is 11.5 Å². The number of hydrogen-bond acceptors (Lipinski definition) is 3. The fourth-order valence-corrected chi connectivity index (χ4v) is 4.28. The molecule has 1 N–H and O–H groups in total. The number of carbonyl (C=O) groups excluding carboxylic acids is 1. The van der Waals surface area contributed by atoms with Gasteiger partial charge in [0.15, 0.2) is 0 Å². The summed E-state index contributed by atoms with van der Waals surface area (Å²) >= 11 is 0. The Labute approximate surface area is 177 Å². The molecule has 4 rings (SSSR count). The predicted molar refractivity (Wildman–Crippen MR) is 122 cm³/mol. The van der Waals surface area contributed by atoms with Gasteiger partial charge in [0.1, 0.15) is 0 Å². The van der Waals surface area contributed by atoms with Crippen molar-refractivity contribution in [3.8, 4) is 0 Å². The monoisotopic (exact) mass is 403 g/mol. The number of pyridine rings is 1. The minimum absolute atomic E-state index is 0.00858. The van der Waals surface area contributed by atoms with Crippen molar-refractivity contribution in [3.05, 3.63) is 75.7 Å². The van der Waals surface area contributed by atoms with E-state index < -0.39 is 0 Å². The number of carbonyl (C=O) groups is 1. The first-order chi connectivity index (χ1) is 14.4. The van der Waals surface area contributed by atoms with Crippen LogP contribution >= 0.6 is 0 Å². The minimum atomic E-state index is -0.154. The summed E-state index contributed by atoms with van der Waals surface area (Å²) in [4.78, 5) is 28.3. The van der Waals surface area contributed by atoms with Crippen LogP contribution in [-0.4, -0.2) is 35.5 Å². The van der Waals surface area contributed by atoms with Crippen LogP contribution in [0.1, 0.15) is 34.3 Å². The third-order valence-electron chi connectivity index (χ3n) is 6.41. The zero-order valence-corrected chi connectivity index (χ0v) is 17.9. The fourth-order valence-electron chi connectivity index (χ4n) is 4.28. The SMILES string of the molecule is Cc1cccc(C(=O)Nc2cccc3c(=O)n(CC4CCN(C)CC4)ccc23)c1C. The maximum atomic E-state index is 13.1. The van der Waals surface area contributed by atoms with E-state index in [0.29, 0.717) is 22.6 Å². The summed E-state index contributed by atoms with van der Waals surface area (Å²) in [6.07, 6.45) is 4.11. The number of rotatable bonds is 4. The third-order valence-corrected chi connectivity index (χ3v) is 6.41. The van der Waals surface area contributed by atoms with Gasteiger partial charge in [-0.05, 0) is 88.1 Å². The fraction of sp³-hybridized carbons (Fsp3) is 0.360. The van der Waals surface area contributed by atoms with Crippen LogP contribution < -0.4 is 10.9 Å². The van der Waals surface area contributed by atoms with Crippen LogP contribution in [0, 0.1) is 19.8 Å². The zero-order chi connectivity index (χ0) is 21.3. The molecule has 1 aliphatic rings. The highest BCUT2D eigenvalue weighted by Gasteiger charge is 2.18. The lowest BCUT2D eigenvalue weighted by atomic mass is 9.97. The summed E-state index contributed by atoms with van der Waals surface area (Å²) in [5.41, 5.74) is 3.38. The number of amides is 1. The van der Waals surface area contributed by atoms with Crippen molar-refractivity contribution in [1.82, 2.24) is 9.47 Å². The van der Waals surface area contributed by atoms with Crippen LogP contribution in [0.15, 0.2) is 53.5 Å². The Hall–Kier alpha value is -2.92. The van der Waals surface area contributed by atoms with E-state index in [4.69, 9.17) is 0 Å². The van der Waals surface area contributed by atoms with Gasteiger partial charge in [-0.25, -0.2) is 0 Å². The average molecular weight is 404 g/mol. The molecular weight excluding hydrogens is 374 g/mol. The summed E-state index contributed by atoms with van der Waals surface area (Å²) < 4.78 is 1.83. The number of aromatic nitrogens is 1. The van der Waals surface area contributed by atoms with E-state index in [1.807, 2.05) is 67.1 Å². The van der Waals surface area contributed by atoms with Gasteiger partial charge in [-0.15, -0.1) is 0 Å². The Morgan fingerprint density at radius 2 is 1.77 bits per heavy atom. The van der Waals surface area contributed by atoms with Crippen LogP contribution in [0.25, 0.3) is 10.8 Å². The summed E-state index contributed by atoms with van der Waals surface area (Å²) in [7, 11) is 2.15. The number of fused-ring (bicyclic) bond motifs is 1. The topological polar surface area (TPSA) is 54.3 Å². The van der Waals surface area contributed by atoms with E-state index >= 15 is 0 Å². The van der Waals surface area contributed by atoms with E-state index in [1.165, 1.54) is 0 Å². The summed E-state index contributed by atoms with van der Waals surface area (Å²) in [5, 5.41) is 4.43. The second-order valence-corrected chi connectivity index (χ2v) is 8.49. The lowest BCUT2D eigenvalue weighted by molar-refractivity contribution is 0.102. The van der Waals surface area contributed by atoms with Gasteiger partial charge >= 0.3 is 0 Å². The molecule has 1 aliphatic heterocycles. The smallest absolute Gasteiger partial charge is 0.258 e. The Morgan fingerprint density at radius 1 is 1.03 bits per heavy atom. The highest BCUT2D eigenvalue weighted by atomic mass is 16.1. The molecule has 30 heavy (non-hydrogen) atoms. The van der Waals surface area contributed by atoms with Gasteiger partial charge in [0, 0.05) is 34.8 Å². The molecule has 3 aromatic rings. The number of nitrogens with one attached hydrogen (secondary N) is 1. The largest absolute Gasteiger partial charge is 0.321 e. The van der Waals surface area contributed by atoms with Crippen molar-refractivity contribution in [2.24, 2.45) is 5.92 Å². The van der Waals surface area contributed by atoms with Crippen molar-refractivity contribution in [1.29, 1.82) is 0 Å². The molecule has 0 spiro atoms. The van der Waals surface area contributed by atoms with Gasteiger partial charge in [-0.2, -0.15) is 0 Å². The molecular formula is C25H29N3O2. The molecule has 1 saturated heterocycles. The van der Waals surface area contributed by atoms with E-state index in [-0.39, 0.29) is 11.5 Å². The Kier molecular flexibility index (Phi) is 5.73. The molecule has 0 aliphatic carbocycles. The number of aryl methyl sites for hydroxylation is 1. The summed E-state index contributed by atoms with van der Waals surface area (Å²) in [6.45, 7) is 6.87. The number of likely N-dealkylation sites (tertiary alicyclic amines) is 1. The Balaban J connectivity index is 1.61. The molecule has 1 aromatic heterocycles. The van der Waals surface area contributed by atoms with Crippen molar-refractivity contribution < 1.29 is 4.79 Å². The van der Waals surface area contributed by atoms with Gasteiger partial charge in [-0.1, -0.05) is 18.2 Å². The van der Waals surface area contributed by atoms with E-state index in [1.54, 1.807) is 0 Å². The van der Waals surface area contributed by atoms with Crippen molar-refractivity contribution in [2.45, 2.75) is 33.2 Å². The van der Waals surface area contributed by atoms with Gasteiger partial charge in [0.05, 0.1) is 0 Å². The standard InChI is InChI=1S/C25H29N3O2/c1-17-6-4-7-20(18(17)2)24(29)26-23-9-5-8-22-21(23)12-15-28(25(22)30)16-19-10-13-27(3)14-11-19/h4-9,12,15,19H,10-11,13-14,16H2,1-3H3,(H,26,29).